The van der Waals surface area contributed by atoms with Crippen molar-refractivity contribution < 1.29 is 14.6 Å². The maximum Gasteiger partial charge on any atom is 0.255 e. The molecule has 0 radical (unpaired) electrons. The monoisotopic (exact) mass is 283 g/mol. The number of carbonyl (C=O) groups is 1. The number of amides is 1. The number of rotatable bonds is 4. The number of ether oxygens (including phenoxy) is 1. The highest BCUT2D eigenvalue weighted by molar-refractivity contribution is 6.21. The molecule has 1 aromatic carbocycles. The number of halogens is 1. The summed E-state index contributed by atoms with van der Waals surface area (Å²) < 4.78 is 4.98. The van der Waals surface area contributed by atoms with Gasteiger partial charge in [-0.15, -0.1) is 11.6 Å². The van der Waals surface area contributed by atoms with E-state index in [2.05, 4.69) is 5.32 Å². The number of nitrogens with one attached hydrogen (secondary N) is 1. The first-order valence-corrected chi connectivity index (χ1v) is 6.85. The Bertz CT molecular complexity index is 464. The third kappa shape index (κ3) is 3.13. The standard InChI is InChI=1S/C14H18ClNO3/c1-19-12-7-3-5-10(13(12)17)14(18)16-8-9-4-2-6-11(9)15/h3,5,7,9,11,17H,2,4,6,8H2,1H3,(H,16,18). The summed E-state index contributed by atoms with van der Waals surface area (Å²) in [5.74, 6) is 0.186. The minimum absolute atomic E-state index is 0.128. The van der Waals surface area contributed by atoms with Gasteiger partial charge < -0.3 is 15.2 Å². The van der Waals surface area contributed by atoms with E-state index in [9.17, 15) is 9.90 Å². The highest BCUT2D eigenvalue weighted by Gasteiger charge is 2.26. The van der Waals surface area contributed by atoms with Crippen LogP contribution in [0.2, 0.25) is 0 Å². The molecule has 5 heteroatoms. The zero-order valence-corrected chi connectivity index (χ0v) is 11.6. The van der Waals surface area contributed by atoms with Crippen LogP contribution in [0, 0.1) is 5.92 Å². The number of aromatic hydroxyl groups is 1. The van der Waals surface area contributed by atoms with E-state index in [4.69, 9.17) is 16.3 Å². The first kappa shape index (κ1) is 14.0. The van der Waals surface area contributed by atoms with E-state index >= 15 is 0 Å². The van der Waals surface area contributed by atoms with Crippen molar-refractivity contribution in [2.75, 3.05) is 13.7 Å². The fraction of sp³-hybridized carbons (Fsp3) is 0.500. The molecule has 0 heterocycles. The Hall–Kier alpha value is -1.42. The lowest BCUT2D eigenvalue weighted by Crippen LogP contribution is -2.31. The van der Waals surface area contributed by atoms with Crippen molar-refractivity contribution in [3.8, 4) is 11.5 Å². The van der Waals surface area contributed by atoms with E-state index in [0.717, 1.165) is 19.3 Å². The molecule has 4 nitrogen and oxygen atoms in total. The van der Waals surface area contributed by atoms with Gasteiger partial charge in [0.05, 0.1) is 12.7 Å². The van der Waals surface area contributed by atoms with Gasteiger partial charge in [0.1, 0.15) is 0 Å². The predicted molar refractivity (Wildman–Crippen MR) is 74.0 cm³/mol. The van der Waals surface area contributed by atoms with Gasteiger partial charge in [-0.3, -0.25) is 4.79 Å². The van der Waals surface area contributed by atoms with Gasteiger partial charge in [-0.2, -0.15) is 0 Å². The quantitative estimate of drug-likeness (QED) is 0.835. The average Bonchev–Trinajstić information content (AvgIpc) is 2.82. The third-order valence-corrected chi connectivity index (χ3v) is 4.13. The van der Waals surface area contributed by atoms with E-state index in [1.54, 1.807) is 18.2 Å². The number of methoxy groups -OCH3 is 1. The number of alkyl halides is 1. The largest absolute Gasteiger partial charge is 0.504 e. The Balaban J connectivity index is 2.00. The number of benzene rings is 1. The van der Waals surface area contributed by atoms with Gasteiger partial charge in [0, 0.05) is 11.9 Å². The molecule has 1 saturated carbocycles. The summed E-state index contributed by atoms with van der Waals surface area (Å²) in [6, 6.07) is 4.85. The van der Waals surface area contributed by atoms with Crippen molar-refractivity contribution >= 4 is 17.5 Å². The van der Waals surface area contributed by atoms with Crippen molar-refractivity contribution in [1.82, 2.24) is 5.32 Å². The minimum atomic E-state index is -0.299. The molecule has 0 saturated heterocycles. The first-order valence-electron chi connectivity index (χ1n) is 6.41. The number of hydrogen-bond acceptors (Lipinski definition) is 3. The topological polar surface area (TPSA) is 58.6 Å². The second-order valence-electron chi connectivity index (χ2n) is 4.77. The molecule has 2 atom stereocenters. The van der Waals surface area contributed by atoms with Crippen LogP contribution < -0.4 is 10.1 Å². The number of para-hydroxylation sites is 1. The van der Waals surface area contributed by atoms with Crippen LogP contribution in [-0.4, -0.2) is 30.0 Å². The van der Waals surface area contributed by atoms with Crippen LogP contribution in [0.1, 0.15) is 29.6 Å². The maximum absolute atomic E-state index is 12.0. The fourth-order valence-corrected chi connectivity index (χ4v) is 2.78. The Morgan fingerprint density at radius 1 is 1.53 bits per heavy atom. The highest BCUT2D eigenvalue weighted by atomic mass is 35.5. The Labute approximate surface area is 117 Å². The van der Waals surface area contributed by atoms with Gasteiger partial charge >= 0.3 is 0 Å². The molecular formula is C14H18ClNO3. The van der Waals surface area contributed by atoms with Crippen molar-refractivity contribution in [1.29, 1.82) is 0 Å². The smallest absolute Gasteiger partial charge is 0.255 e. The molecule has 1 amide bonds. The number of phenolic OH excluding ortho intramolecular Hbond substituents is 1. The van der Waals surface area contributed by atoms with Crippen LogP contribution in [0.3, 0.4) is 0 Å². The maximum atomic E-state index is 12.0. The molecule has 1 aliphatic rings. The highest BCUT2D eigenvalue weighted by Crippen LogP contribution is 2.31. The zero-order chi connectivity index (χ0) is 13.8. The molecular weight excluding hydrogens is 266 g/mol. The fourth-order valence-electron chi connectivity index (χ4n) is 2.41. The number of phenols is 1. The van der Waals surface area contributed by atoms with E-state index in [0.29, 0.717) is 18.2 Å². The van der Waals surface area contributed by atoms with Crippen LogP contribution in [-0.2, 0) is 0 Å². The summed E-state index contributed by atoms with van der Waals surface area (Å²) in [4.78, 5) is 12.0. The van der Waals surface area contributed by atoms with Crippen molar-refractivity contribution in [2.24, 2.45) is 5.92 Å². The van der Waals surface area contributed by atoms with Crippen LogP contribution in [0.25, 0.3) is 0 Å². The molecule has 1 aliphatic carbocycles. The molecule has 1 fully saturated rings. The summed E-state index contributed by atoms with van der Waals surface area (Å²) in [7, 11) is 1.45. The molecule has 0 aliphatic heterocycles. The SMILES string of the molecule is COc1cccc(C(=O)NCC2CCCC2Cl)c1O. The summed E-state index contributed by atoms with van der Waals surface area (Å²) in [5.41, 5.74) is 0.225. The van der Waals surface area contributed by atoms with Crippen molar-refractivity contribution in [3.05, 3.63) is 23.8 Å². The van der Waals surface area contributed by atoms with E-state index < -0.39 is 0 Å². The van der Waals surface area contributed by atoms with Gasteiger partial charge in [-0.05, 0) is 30.9 Å². The van der Waals surface area contributed by atoms with Crippen molar-refractivity contribution in [2.45, 2.75) is 24.6 Å². The summed E-state index contributed by atoms with van der Waals surface area (Å²) >= 11 is 6.17. The molecule has 2 unspecified atom stereocenters. The second kappa shape index (κ2) is 6.15. The summed E-state index contributed by atoms with van der Waals surface area (Å²) in [6.07, 6.45) is 3.16. The van der Waals surface area contributed by atoms with Crippen LogP contribution in [0.4, 0.5) is 0 Å². The van der Waals surface area contributed by atoms with E-state index in [1.165, 1.54) is 7.11 Å². The van der Waals surface area contributed by atoms with Gasteiger partial charge in [0.25, 0.3) is 5.91 Å². The van der Waals surface area contributed by atoms with Crippen molar-refractivity contribution in [3.63, 3.8) is 0 Å². The first-order chi connectivity index (χ1) is 9.13. The van der Waals surface area contributed by atoms with Crippen LogP contribution in [0.15, 0.2) is 18.2 Å². The van der Waals surface area contributed by atoms with E-state index in [1.807, 2.05) is 0 Å². The molecule has 0 aromatic heterocycles. The predicted octanol–water partition coefficient (Wildman–Crippen LogP) is 2.54. The number of hydrogen-bond donors (Lipinski definition) is 2. The molecule has 0 bridgehead atoms. The molecule has 1 aromatic rings. The van der Waals surface area contributed by atoms with E-state index in [-0.39, 0.29) is 22.6 Å². The number of carbonyl (C=O) groups excluding carboxylic acids is 1. The molecule has 2 rings (SSSR count). The lowest BCUT2D eigenvalue weighted by atomic mass is 10.1. The molecule has 19 heavy (non-hydrogen) atoms. The molecule has 2 N–H and O–H groups in total. The average molecular weight is 284 g/mol. The Morgan fingerprint density at radius 2 is 2.32 bits per heavy atom. The van der Waals surface area contributed by atoms with Crippen LogP contribution >= 0.6 is 11.6 Å². The lowest BCUT2D eigenvalue weighted by molar-refractivity contribution is 0.0944. The molecule has 0 spiro atoms. The van der Waals surface area contributed by atoms with Gasteiger partial charge in [0.2, 0.25) is 0 Å². The normalized spacial score (nSPS) is 22.2. The lowest BCUT2D eigenvalue weighted by Gasteiger charge is -2.15. The van der Waals surface area contributed by atoms with Gasteiger partial charge in [-0.1, -0.05) is 12.5 Å². The third-order valence-electron chi connectivity index (χ3n) is 3.55. The van der Waals surface area contributed by atoms with Gasteiger partial charge in [-0.25, -0.2) is 0 Å². The van der Waals surface area contributed by atoms with Gasteiger partial charge in [0.15, 0.2) is 11.5 Å². The molecule has 104 valence electrons. The Kier molecular flexibility index (Phi) is 4.53. The second-order valence-corrected chi connectivity index (χ2v) is 5.33. The van der Waals surface area contributed by atoms with Crippen LogP contribution in [0.5, 0.6) is 11.5 Å². The summed E-state index contributed by atoms with van der Waals surface area (Å²) in [5, 5.41) is 12.9. The zero-order valence-electron chi connectivity index (χ0n) is 10.9. The Morgan fingerprint density at radius 3 is 2.95 bits per heavy atom. The summed E-state index contributed by atoms with van der Waals surface area (Å²) in [6.45, 7) is 0.545. The minimum Gasteiger partial charge on any atom is -0.504 e.